The molecule has 0 radical (unpaired) electrons. The number of aromatic nitrogens is 2. The quantitative estimate of drug-likeness (QED) is 0.942. The number of carbonyl (C=O) groups is 1. The molecule has 0 saturated heterocycles. The van der Waals surface area contributed by atoms with Gasteiger partial charge in [0.2, 0.25) is 0 Å². The third-order valence-corrected chi connectivity index (χ3v) is 3.87. The van der Waals surface area contributed by atoms with Crippen molar-refractivity contribution in [3.63, 3.8) is 0 Å². The lowest BCUT2D eigenvalue weighted by atomic mass is 10.1. The molecule has 3 rings (SSSR count). The molecule has 114 valence electrons. The first kappa shape index (κ1) is 14.5. The van der Waals surface area contributed by atoms with Gasteiger partial charge in [-0.2, -0.15) is 0 Å². The summed E-state index contributed by atoms with van der Waals surface area (Å²) in [5.74, 6) is 0.611. The number of fused-ring (bicyclic) bond motifs is 1. The second kappa shape index (κ2) is 6.13. The Morgan fingerprint density at radius 3 is 2.82 bits per heavy atom. The lowest BCUT2D eigenvalue weighted by Gasteiger charge is -2.22. The normalized spacial score (nSPS) is 16.5. The third-order valence-electron chi connectivity index (χ3n) is 3.87. The van der Waals surface area contributed by atoms with Gasteiger partial charge < -0.3 is 10.2 Å². The first-order valence-electron chi connectivity index (χ1n) is 7.69. The van der Waals surface area contributed by atoms with Crippen LogP contribution in [-0.4, -0.2) is 28.7 Å². The van der Waals surface area contributed by atoms with Gasteiger partial charge in [0.15, 0.2) is 5.69 Å². The Bertz CT molecular complexity index is 669. The number of para-hydroxylation sites is 1. The van der Waals surface area contributed by atoms with Crippen LogP contribution in [0.25, 0.3) is 0 Å². The van der Waals surface area contributed by atoms with Crippen LogP contribution in [-0.2, 0) is 6.42 Å². The maximum absolute atomic E-state index is 12.7. The largest absolute Gasteiger partial charge is 0.369 e. The van der Waals surface area contributed by atoms with E-state index in [2.05, 4.69) is 35.4 Å². The summed E-state index contributed by atoms with van der Waals surface area (Å²) in [7, 11) is 0. The summed E-state index contributed by atoms with van der Waals surface area (Å²) >= 11 is 0. The van der Waals surface area contributed by atoms with E-state index in [1.807, 2.05) is 29.2 Å². The molecule has 1 aliphatic heterocycles. The lowest BCUT2D eigenvalue weighted by molar-refractivity contribution is 0.0975. The van der Waals surface area contributed by atoms with Crippen LogP contribution in [0.5, 0.6) is 0 Å². The Morgan fingerprint density at radius 1 is 1.27 bits per heavy atom. The van der Waals surface area contributed by atoms with Gasteiger partial charge in [0.25, 0.3) is 5.91 Å². The molecule has 1 N–H and O–H groups in total. The van der Waals surface area contributed by atoms with E-state index in [-0.39, 0.29) is 11.9 Å². The molecular formula is C17H20N4O. The zero-order valence-corrected chi connectivity index (χ0v) is 12.9. The number of amides is 1. The molecule has 0 fully saturated rings. The van der Waals surface area contributed by atoms with E-state index in [0.29, 0.717) is 11.5 Å². The number of anilines is 2. The topological polar surface area (TPSA) is 58.1 Å². The third kappa shape index (κ3) is 2.66. The standard InChI is InChI=1S/C17H20N4O/c1-3-10-18-16-9-8-14(19-20-16)17(22)21-12(2)11-13-6-4-5-7-15(13)21/h4-9,12H,3,10-11H2,1-2H3,(H,18,20). The van der Waals surface area contributed by atoms with E-state index < -0.39 is 0 Å². The van der Waals surface area contributed by atoms with Crippen molar-refractivity contribution < 1.29 is 4.79 Å². The molecule has 2 heterocycles. The van der Waals surface area contributed by atoms with Crippen molar-refractivity contribution in [3.05, 3.63) is 47.7 Å². The maximum Gasteiger partial charge on any atom is 0.279 e. The van der Waals surface area contributed by atoms with Gasteiger partial charge in [-0.1, -0.05) is 25.1 Å². The Labute approximate surface area is 130 Å². The van der Waals surface area contributed by atoms with E-state index in [9.17, 15) is 4.79 Å². The fraction of sp³-hybridized carbons (Fsp3) is 0.353. The molecule has 1 aliphatic rings. The number of rotatable bonds is 4. The number of nitrogens with zero attached hydrogens (tertiary/aromatic N) is 3. The predicted octanol–water partition coefficient (Wildman–Crippen LogP) is 2.89. The summed E-state index contributed by atoms with van der Waals surface area (Å²) in [4.78, 5) is 14.6. The summed E-state index contributed by atoms with van der Waals surface area (Å²) in [6, 6.07) is 11.7. The first-order valence-corrected chi connectivity index (χ1v) is 7.69. The highest BCUT2D eigenvalue weighted by molar-refractivity contribution is 6.06. The molecule has 0 bridgehead atoms. The lowest BCUT2D eigenvalue weighted by Crippen LogP contribution is -2.36. The zero-order valence-electron chi connectivity index (χ0n) is 12.9. The fourth-order valence-corrected chi connectivity index (χ4v) is 2.79. The van der Waals surface area contributed by atoms with Crippen molar-refractivity contribution in [2.45, 2.75) is 32.7 Å². The van der Waals surface area contributed by atoms with Crippen molar-refractivity contribution in [2.75, 3.05) is 16.8 Å². The number of hydrogen-bond donors (Lipinski definition) is 1. The molecule has 1 aromatic carbocycles. The van der Waals surface area contributed by atoms with Crippen LogP contribution in [0.1, 0.15) is 36.3 Å². The predicted molar refractivity (Wildman–Crippen MR) is 87.2 cm³/mol. The average molecular weight is 296 g/mol. The van der Waals surface area contributed by atoms with Crippen LogP contribution in [0, 0.1) is 0 Å². The van der Waals surface area contributed by atoms with Crippen LogP contribution < -0.4 is 10.2 Å². The minimum absolute atomic E-state index is 0.0907. The van der Waals surface area contributed by atoms with Crippen molar-refractivity contribution in [2.24, 2.45) is 0 Å². The van der Waals surface area contributed by atoms with Gasteiger partial charge in [0.05, 0.1) is 0 Å². The Balaban J connectivity index is 1.82. The monoisotopic (exact) mass is 296 g/mol. The van der Waals surface area contributed by atoms with E-state index in [4.69, 9.17) is 0 Å². The highest BCUT2D eigenvalue weighted by atomic mass is 16.2. The van der Waals surface area contributed by atoms with E-state index in [0.717, 1.165) is 25.1 Å². The minimum Gasteiger partial charge on any atom is -0.369 e. The molecule has 0 aliphatic carbocycles. The van der Waals surface area contributed by atoms with E-state index >= 15 is 0 Å². The van der Waals surface area contributed by atoms with Crippen molar-refractivity contribution >= 4 is 17.4 Å². The van der Waals surface area contributed by atoms with Gasteiger partial charge >= 0.3 is 0 Å². The summed E-state index contributed by atoms with van der Waals surface area (Å²) in [5.41, 5.74) is 2.57. The van der Waals surface area contributed by atoms with E-state index in [1.54, 1.807) is 6.07 Å². The average Bonchev–Trinajstić information content (AvgIpc) is 2.88. The van der Waals surface area contributed by atoms with Crippen LogP contribution in [0.2, 0.25) is 0 Å². The smallest absolute Gasteiger partial charge is 0.279 e. The van der Waals surface area contributed by atoms with Crippen molar-refractivity contribution in [1.29, 1.82) is 0 Å². The number of nitrogens with one attached hydrogen (secondary N) is 1. The van der Waals surface area contributed by atoms with Gasteiger partial charge in [-0.05, 0) is 43.5 Å². The Kier molecular flexibility index (Phi) is 4.04. The molecular weight excluding hydrogens is 276 g/mol. The molecule has 0 spiro atoms. The summed E-state index contributed by atoms with van der Waals surface area (Å²) in [5, 5.41) is 11.3. The summed E-state index contributed by atoms with van der Waals surface area (Å²) in [6.45, 7) is 4.99. The molecule has 2 aromatic rings. The second-order valence-electron chi connectivity index (χ2n) is 5.59. The molecule has 5 heteroatoms. The van der Waals surface area contributed by atoms with Gasteiger partial charge in [-0.25, -0.2) is 0 Å². The molecule has 1 atom stereocenters. The first-order chi connectivity index (χ1) is 10.7. The fourth-order valence-electron chi connectivity index (χ4n) is 2.79. The minimum atomic E-state index is -0.0907. The van der Waals surface area contributed by atoms with Crippen LogP contribution >= 0.6 is 0 Å². The number of carbonyl (C=O) groups excluding carboxylic acids is 1. The van der Waals surface area contributed by atoms with Gasteiger partial charge in [0.1, 0.15) is 5.82 Å². The van der Waals surface area contributed by atoms with Crippen LogP contribution in [0.4, 0.5) is 11.5 Å². The molecule has 22 heavy (non-hydrogen) atoms. The molecule has 1 unspecified atom stereocenters. The highest BCUT2D eigenvalue weighted by Crippen LogP contribution is 2.32. The van der Waals surface area contributed by atoms with Crippen LogP contribution in [0.15, 0.2) is 36.4 Å². The Hall–Kier alpha value is -2.43. The van der Waals surface area contributed by atoms with Gasteiger partial charge in [-0.3, -0.25) is 4.79 Å². The van der Waals surface area contributed by atoms with Crippen LogP contribution in [0.3, 0.4) is 0 Å². The maximum atomic E-state index is 12.7. The van der Waals surface area contributed by atoms with Crippen molar-refractivity contribution in [3.8, 4) is 0 Å². The second-order valence-corrected chi connectivity index (χ2v) is 5.59. The summed E-state index contributed by atoms with van der Waals surface area (Å²) < 4.78 is 0. The SMILES string of the molecule is CCCNc1ccc(C(=O)N2c3ccccc3CC2C)nn1. The van der Waals surface area contributed by atoms with Gasteiger partial charge in [-0.15, -0.1) is 10.2 Å². The van der Waals surface area contributed by atoms with E-state index in [1.165, 1.54) is 5.56 Å². The number of benzene rings is 1. The zero-order chi connectivity index (χ0) is 15.5. The molecule has 1 amide bonds. The molecule has 5 nitrogen and oxygen atoms in total. The number of hydrogen-bond acceptors (Lipinski definition) is 4. The van der Waals surface area contributed by atoms with Gasteiger partial charge in [0, 0.05) is 18.3 Å². The molecule has 1 aromatic heterocycles. The van der Waals surface area contributed by atoms with Crippen molar-refractivity contribution in [1.82, 2.24) is 10.2 Å². The Morgan fingerprint density at radius 2 is 2.09 bits per heavy atom. The summed E-state index contributed by atoms with van der Waals surface area (Å²) in [6.07, 6.45) is 1.90. The molecule has 0 saturated carbocycles. The highest BCUT2D eigenvalue weighted by Gasteiger charge is 2.31.